The van der Waals surface area contributed by atoms with Gasteiger partial charge in [-0.1, -0.05) is 29.3 Å². The Balaban J connectivity index is 1.71. The zero-order valence-electron chi connectivity index (χ0n) is 15.2. The second-order valence-electron chi connectivity index (χ2n) is 5.80. The van der Waals surface area contributed by atoms with Crippen molar-refractivity contribution in [3.63, 3.8) is 0 Å². The Kier molecular flexibility index (Phi) is 7.02. The third kappa shape index (κ3) is 5.81. The lowest BCUT2D eigenvalue weighted by Gasteiger charge is -2.11. The van der Waals surface area contributed by atoms with Crippen molar-refractivity contribution in [2.75, 3.05) is 26.9 Å². The van der Waals surface area contributed by atoms with Crippen LogP contribution in [0.5, 0.6) is 11.5 Å². The van der Waals surface area contributed by atoms with E-state index < -0.39 is 5.97 Å². The van der Waals surface area contributed by atoms with Gasteiger partial charge in [0, 0.05) is 0 Å². The highest BCUT2D eigenvalue weighted by Gasteiger charge is 2.11. The Morgan fingerprint density at radius 2 is 1.65 bits per heavy atom. The Morgan fingerprint density at radius 3 is 2.31 bits per heavy atom. The van der Waals surface area contributed by atoms with Crippen LogP contribution in [0.15, 0.2) is 42.5 Å². The van der Waals surface area contributed by atoms with Crippen LogP contribution in [0.2, 0.25) is 0 Å². The van der Waals surface area contributed by atoms with Crippen molar-refractivity contribution < 1.29 is 23.8 Å². The maximum atomic E-state index is 12.0. The summed E-state index contributed by atoms with van der Waals surface area (Å²) in [5.41, 5.74) is 2.37. The van der Waals surface area contributed by atoms with Gasteiger partial charge in [-0.15, -0.1) is 0 Å². The lowest BCUT2D eigenvalue weighted by Crippen LogP contribution is -2.32. The smallest absolute Gasteiger partial charge is 0.338 e. The number of ether oxygens (including phenoxy) is 3. The zero-order valence-corrected chi connectivity index (χ0v) is 15.2. The van der Waals surface area contributed by atoms with E-state index in [1.165, 1.54) is 0 Å². The van der Waals surface area contributed by atoms with E-state index >= 15 is 0 Å². The van der Waals surface area contributed by atoms with Crippen molar-refractivity contribution in [3.05, 3.63) is 59.2 Å². The normalized spacial score (nSPS) is 10.1. The molecule has 0 aliphatic rings. The minimum atomic E-state index is -0.516. The van der Waals surface area contributed by atoms with Crippen LogP contribution in [0.3, 0.4) is 0 Å². The largest absolute Gasteiger partial charge is 0.493 e. The topological polar surface area (TPSA) is 73.9 Å². The molecule has 0 fully saturated rings. The van der Waals surface area contributed by atoms with Crippen molar-refractivity contribution in [3.8, 4) is 11.5 Å². The summed E-state index contributed by atoms with van der Waals surface area (Å²) in [6.07, 6.45) is 0. The summed E-state index contributed by atoms with van der Waals surface area (Å²) in [4.78, 5) is 23.8. The second kappa shape index (κ2) is 9.46. The molecule has 6 nitrogen and oxygen atoms in total. The molecule has 2 aromatic rings. The highest BCUT2D eigenvalue weighted by atomic mass is 16.5. The summed E-state index contributed by atoms with van der Waals surface area (Å²) in [6, 6.07) is 12.7. The van der Waals surface area contributed by atoms with Crippen molar-refractivity contribution in [2.45, 2.75) is 13.8 Å². The van der Waals surface area contributed by atoms with Crippen LogP contribution in [0, 0.1) is 13.8 Å². The number of methoxy groups -OCH3 is 1. The summed E-state index contributed by atoms with van der Waals surface area (Å²) in [5.74, 6) is 0.329. The van der Waals surface area contributed by atoms with Crippen molar-refractivity contribution in [1.29, 1.82) is 0 Å². The summed E-state index contributed by atoms with van der Waals surface area (Å²) >= 11 is 0. The molecule has 1 N–H and O–H groups in total. The van der Waals surface area contributed by atoms with Gasteiger partial charge in [0.2, 0.25) is 0 Å². The van der Waals surface area contributed by atoms with Gasteiger partial charge < -0.3 is 19.5 Å². The third-order valence-corrected chi connectivity index (χ3v) is 3.54. The predicted octanol–water partition coefficient (Wildman–Crippen LogP) is 2.66. The first-order chi connectivity index (χ1) is 12.5. The summed E-state index contributed by atoms with van der Waals surface area (Å²) in [7, 11) is 1.56. The summed E-state index contributed by atoms with van der Waals surface area (Å²) in [6.45, 7) is 4.03. The number of esters is 1. The van der Waals surface area contributed by atoms with E-state index in [0.29, 0.717) is 17.1 Å². The van der Waals surface area contributed by atoms with E-state index in [1.807, 2.05) is 32.0 Å². The molecule has 0 atom stereocenters. The molecule has 26 heavy (non-hydrogen) atoms. The van der Waals surface area contributed by atoms with Gasteiger partial charge >= 0.3 is 5.97 Å². The molecule has 2 rings (SSSR count). The molecule has 6 heteroatoms. The molecular formula is C20H23NO5. The Hall–Kier alpha value is -3.02. The molecule has 0 aromatic heterocycles. The fourth-order valence-corrected chi connectivity index (χ4v) is 2.45. The van der Waals surface area contributed by atoms with E-state index in [4.69, 9.17) is 14.2 Å². The number of carbonyl (C=O) groups excluding carboxylic acids is 2. The first kappa shape index (κ1) is 19.3. The molecule has 0 unspecified atom stereocenters. The van der Waals surface area contributed by atoms with Crippen LogP contribution in [0.25, 0.3) is 0 Å². The first-order valence-corrected chi connectivity index (χ1v) is 8.27. The maximum Gasteiger partial charge on any atom is 0.338 e. The quantitative estimate of drug-likeness (QED) is 0.581. The molecule has 0 saturated heterocycles. The van der Waals surface area contributed by atoms with Gasteiger partial charge in [-0.05, 0) is 38.1 Å². The van der Waals surface area contributed by atoms with Crippen LogP contribution in [0.1, 0.15) is 21.5 Å². The van der Waals surface area contributed by atoms with Crippen LogP contribution < -0.4 is 14.8 Å². The number of benzene rings is 2. The minimum absolute atomic E-state index is 0.275. The standard InChI is InChI=1S/C20H23NO5/c1-14-10-15(2)12-16(11-14)20(23)26-13-19(22)21-8-9-25-18-7-5-4-6-17(18)24-3/h4-7,10-12H,8-9,13H2,1-3H3,(H,21,22). The first-order valence-electron chi connectivity index (χ1n) is 8.27. The van der Waals surface area contributed by atoms with Gasteiger partial charge in [0.25, 0.3) is 5.91 Å². The van der Waals surface area contributed by atoms with Crippen LogP contribution in [-0.4, -0.2) is 38.7 Å². The molecule has 0 aliphatic carbocycles. The van der Waals surface area contributed by atoms with E-state index in [-0.39, 0.29) is 25.7 Å². The average molecular weight is 357 g/mol. The number of amides is 1. The van der Waals surface area contributed by atoms with E-state index in [2.05, 4.69) is 5.32 Å². The SMILES string of the molecule is COc1ccccc1OCCNC(=O)COC(=O)c1cc(C)cc(C)c1. The number of carbonyl (C=O) groups is 2. The van der Waals surface area contributed by atoms with Gasteiger partial charge in [0.15, 0.2) is 18.1 Å². The van der Waals surface area contributed by atoms with Gasteiger partial charge in [0.05, 0.1) is 19.2 Å². The van der Waals surface area contributed by atoms with Crippen LogP contribution >= 0.6 is 0 Å². The molecule has 0 radical (unpaired) electrons. The van der Waals surface area contributed by atoms with Gasteiger partial charge in [-0.2, -0.15) is 0 Å². The van der Waals surface area contributed by atoms with E-state index in [9.17, 15) is 9.59 Å². The lowest BCUT2D eigenvalue weighted by molar-refractivity contribution is -0.124. The number of hydrogen-bond acceptors (Lipinski definition) is 5. The molecular weight excluding hydrogens is 334 g/mol. The third-order valence-electron chi connectivity index (χ3n) is 3.54. The zero-order chi connectivity index (χ0) is 18.9. The number of rotatable bonds is 8. The number of hydrogen-bond donors (Lipinski definition) is 1. The second-order valence-corrected chi connectivity index (χ2v) is 5.80. The Bertz CT molecular complexity index is 752. The summed E-state index contributed by atoms with van der Waals surface area (Å²) < 4.78 is 15.8. The maximum absolute atomic E-state index is 12.0. The van der Waals surface area contributed by atoms with Crippen LogP contribution in [-0.2, 0) is 9.53 Å². The molecule has 138 valence electrons. The number of nitrogens with one attached hydrogen (secondary N) is 1. The van der Waals surface area contributed by atoms with Crippen molar-refractivity contribution in [2.24, 2.45) is 0 Å². The van der Waals surface area contributed by atoms with Gasteiger partial charge in [-0.25, -0.2) is 4.79 Å². The molecule has 0 heterocycles. The monoisotopic (exact) mass is 357 g/mol. The molecule has 2 aromatic carbocycles. The van der Waals surface area contributed by atoms with Crippen molar-refractivity contribution in [1.82, 2.24) is 5.32 Å². The molecule has 0 saturated carbocycles. The molecule has 0 spiro atoms. The predicted molar refractivity (Wildman–Crippen MR) is 97.7 cm³/mol. The fourth-order valence-electron chi connectivity index (χ4n) is 2.45. The number of para-hydroxylation sites is 2. The van der Waals surface area contributed by atoms with Gasteiger partial charge in [-0.3, -0.25) is 4.79 Å². The van der Waals surface area contributed by atoms with E-state index in [0.717, 1.165) is 11.1 Å². The highest BCUT2D eigenvalue weighted by Crippen LogP contribution is 2.25. The Labute approximate surface area is 153 Å². The average Bonchev–Trinajstić information content (AvgIpc) is 2.62. The minimum Gasteiger partial charge on any atom is -0.493 e. The highest BCUT2D eigenvalue weighted by molar-refractivity contribution is 5.91. The van der Waals surface area contributed by atoms with E-state index in [1.54, 1.807) is 31.4 Å². The molecule has 1 amide bonds. The summed E-state index contributed by atoms with van der Waals surface area (Å²) in [5, 5.41) is 2.64. The number of aryl methyl sites for hydroxylation is 2. The van der Waals surface area contributed by atoms with Gasteiger partial charge in [0.1, 0.15) is 6.61 Å². The molecule has 0 bridgehead atoms. The fraction of sp³-hybridized carbons (Fsp3) is 0.300. The lowest BCUT2D eigenvalue weighted by atomic mass is 10.1. The Morgan fingerprint density at radius 1 is 1.00 bits per heavy atom. The van der Waals surface area contributed by atoms with Crippen molar-refractivity contribution >= 4 is 11.9 Å². The molecule has 0 aliphatic heterocycles. The van der Waals surface area contributed by atoms with Crippen LogP contribution in [0.4, 0.5) is 0 Å².